The molecule has 0 bridgehead atoms. The fourth-order valence-corrected chi connectivity index (χ4v) is 3.21. The van der Waals surface area contributed by atoms with E-state index < -0.39 is 0 Å². The molecule has 0 spiro atoms. The minimum atomic E-state index is 0.359. The van der Waals surface area contributed by atoms with E-state index in [4.69, 9.17) is 4.42 Å². The molecule has 1 N–H and O–H groups in total. The summed E-state index contributed by atoms with van der Waals surface area (Å²) in [6.45, 7) is 4.59. The molecule has 2 heterocycles. The van der Waals surface area contributed by atoms with Crippen LogP contribution in [0, 0.1) is 0 Å². The van der Waals surface area contributed by atoms with Crippen molar-refractivity contribution >= 4 is 16.7 Å². The summed E-state index contributed by atoms with van der Waals surface area (Å²) in [5, 5.41) is 11.1. The Labute approximate surface area is 135 Å². The van der Waals surface area contributed by atoms with Gasteiger partial charge in [-0.05, 0) is 24.3 Å². The Balaban J connectivity index is 1.41. The van der Waals surface area contributed by atoms with Gasteiger partial charge in [0.1, 0.15) is 17.1 Å². The molecule has 1 aliphatic rings. The van der Waals surface area contributed by atoms with Crippen molar-refractivity contribution < 1.29 is 9.52 Å². The topological polar surface area (TPSA) is 39.9 Å². The van der Waals surface area contributed by atoms with Gasteiger partial charge in [-0.15, -0.1) is 0 Å². The van der Waals surface area contributed by atoms with Gasteiger partial charge in [0, 0.05) is 31.6 Å². The number of nitrogens with zero attached hydrogens (tertiary/aromatic N) is 2. The Bertz CT molecular complexity index is 771. The van der Waals surface area contributed by atoms with Crippen molar-refractivity contribution in [3.8, 4) is 5.75 Å². The molecule has 0 radical (unpaired) electrons. The quantitative estimate of drug-likeness (QED) is 0.804. The average molecular weight is 308 g/mol. The average Bonchev–Trinajstić information content (AvgIpc) is 2.98. The highest BCUT2D eigenvalue weighted by Crippen LogP contribution is 2.27. The van der Waals surface area contributed by atoms with E-state index in [2.05, 4.69) is 21.9 Å². The molecule has 2 aromatic carbocycles. The summed E-state index contributed by atoms with van der Waals surface area (Å²) in [4.78, 5) is 4.64. The molecule has 4 rings (SSSR count). The van der Waals surface area contributed by atoms with Crippen LogP contribution in [-0.2, 0) is 6.54 Å². The van der Waals surface area contributed by atoms with Crippen molar-refractivity contribution in [1.82, 2.24) is 4.90 Å². The normalized spacial score (nSPS) is 16.1. The first-order valence-electron chi connectivity index (χ1n) is 8.02. The van der Waals surface area contributed by atoms with E-state index in [1.54, 1.807) is 6.07 Å². The summed E-state index contributed by atoms with van der Waals surface area (Å²) >= 11 is 0. The number of phenols is 1. The fraction of sp³-hybridized carbons (Fsp3) is 0.263. The minimum Gasteiger partial charge on any atom is -0.506 e. The van der Waals surface area contributed by atoms with Crippen molar-refractivity contribution in [3.63, 3.8) is 0 Å². The fourth-order valence-electron chi connectivity index (χ4n) is 3.21. The third-order valence-electron chi connectivity index (χ3n) is 4.45. The van der Waals surface area contributed by atoms with Gasteiger partial charge < -0.3 is 14.4 Å². The maximum absolute atomic E-state index is 9.97. The lowest BCUT2D eigenvalue weighted by molar-refractivity contribution is 0.232. The van der Waals surface area contributed by atoms with Crippen LogP contribution in [0.5, 0.6) is 5.75 Å². The van der Waals surface area contributed by atoms with E-state index in [1.807, 2.05) is 36.4 Å². The molecule has 118 valence electrons. The smallest absolute Gasteiger partial charge is 0.138 e. The van der Waals surface area contributed by atoms with Crippen LogP contribution in [0.1, 0.15) is 5.76 Å². The Hall–Kier alpha value is -2.46. The second-order valence-electron chi connectivity index (χ2n) is 6.00. The van der Waals surface area contributed by atoms with E-state index >= 15 is 0 Å². The highest BCUT2D eigenvalue weighted by atomic mass is 16.3. The molecular weight excluding hydrogens is 288 g/mol. The van der Waals surface area contributed by atoms with Crippen molar-refractivity contribution in [2.24, 2.45) is 0 Å². The molecule has 0 saturated carbocycles. The van der Waals surface area contributed by atoms with Gasteiger partial charge in [-0.25, -0.2) is 0 Å². The van der Waals surface area contributed by atoms with Gasteiger partial charge in [-0.2, -0.15) is 0 Å². The van der Waals surface area contributed by atoms with Crippen LogP contribution in [0.15, 0.2) is 59.0 Å². The Kier molecular flexibility index (Phi) is 3.67. The summed E-state index contributed by atoms with van der Waals surface area (Å²) in [7, 11) is 0. The van der Waals surface area contributed by atoms with Gasteiger partial charge in [0.05, 0.1) is 12.2 Å². The van der Waals surface area contributed by atoms with Crippen LogP contribution < -0.4 is 4.90 Å². The molecule has 4 nitrogen and oxygen atoms in total. The zero-order valence-corrected chi connectivity index (χ0v) is 13.0. The monoisotopic (exact) mass is 308 g/mol. The Morgan fingerprint density at radius 2 is 1.65 bits per heavy atom. The molecule has 0 atom stereocenters. The van der Waals surface area contributed by atoms with E-state index in [-0.39, 0.29) is 0 Å². The third kappa shape index (κ3) is 2.90. The summed E-state index contributed by atoms with van der Waals surface area (Å²) in [5.74, 6) is 1.38. The van der Waals surface area contributed by atoms with Crippen molar-refractivity contribution in [2.45, 2.75) is 6.54 Å². The standard InChI is InChI=1S/C19H20N2O2/c22-18-7-3-2-6-17(18)21-11-9-20(10-12-21)14-16-13-15-5-1-4-8-19(15)23-16/h1-8,13,22H,9-12,14H2. The summed E-state index contributed by atoms with van der Waals surface area (Å²) in [6.07, 6.45) is 0. The van der Waals surface area contributed by atoms with Crippen LogP contribution in [0.4, 0.5) is 5.69 Å². The van der Waals surface area contributed by atoms with Gasteiger partial charge in [0.15, 0.2) is 0 Å². The van der Waals surface area contributed by atoms with Gasteiger partial charge in [-0.1, -0.05) is 30.3 Å². The van der Waals surface area contributed by atoms with Gasteiger partial charge in [0.25, 0.3) is 0 Å². The number of para-hydroxylation sites is 3. The second-order valence-corrected chi connectivity index (χ2v) is 6.00. The molecule has 1 saturated heterocycles. The molecule has 1 fully saturated rings. The van der Waals surface area contributed by atoms with E-state index in [1.165, 1.54) is 0 Å². The number of furan rings is 1. The number of piperazine rings is 1. The van der Waals surface area contributed by atoms with Gasteiger partial charge >= 0.3 is 0 Å². The number of benzene rings is 2. The van der Waals surface area contributed by atoms with Crippen molar-refractivity contribution in [2.75, 3.05) is 31.1 Å². The molecule has 0 unspecified atom stereocenters. The lowest BCUT2D eigenvalue weighted by atomic mass is 10.2. The third-order valence-corrected chi connectivity index (χ3v) is 4.45. The maximum Gasteiger partial charge on any atom is 0.138 e. The van der Waals surface area contributed by atoms with Crippen molar-refractivity contribution in [3.05, 3.63) is 60.4 Å². The first-order valence-corrected chi connectivity index (χ1v) is 8.02. The molecule has 4 heteroatoms. The lowest BCUT2D eigenvalue weighted by Crippen LogP contribution is -2.45. The summed E-state index contributed by atoms with van der Waals surface area (Å²) in [5.41, 5.74) is 1.88. The van der Waals surface area contributed by atoms with E-state index in [0.29, 0.717) is 5.75 Å². The predicted octanol–water partition coefficient (Wildman–Crippen LogP) is 3.46. The Morgan fingerprint density at radius 1 is 0.913 bits per heavy atom. The van der Waals surface area contributed by atoms with E-state index in [9.17, 15) is 5.11 Å². The number of fused-ring (bicyclic) bond motifs is 1. The zero-order valence-electron chi connectivity index (χ0n) is 13.0. The number of phenolic OH excluding ortho intramolecular Hbond substituents is 1. The maximum atomic E-state index is 9.97. The molecule has 1 aromatic heterocycles. The summed E-state index contributed by atoms with van der Waals surface area (Å²) in [6, 6.07) is 17.8. The molecule has 0 amide bonds. The van der Waals surface area contributed by atoms with E-state index in [0.717, 1.165) is 55.1 Å². The minimum absolute atomic E-state index is 0.359. The number of aromatic hydroxyl groups is 1. The first-order chi connectivity index (χ1) is 11.3. The van der Waals surface area contributed by atoms with Gasteiger partial charge in [0.2, 0.25) is 0 Å². The van der Waals surface area contributed by atoms with Crippen LogP contribution in [0.2, 0.25) is 0 Å². The first kappa shape index (κ1) is 14.2. The highest BCUT2D eigenvalue weighted by Gasteiger charge is 2.20. The van der Waals surface area contributed by atoms with Crippen LogP contribution >= 0.6 is 0 Å². The van der Waals surface area contributed by atoms with Crippen LogP contribution in [-0.4, -0.2) is 36.2 Å². The van der Waals surface area contributed by atoms with Crippen LogP contribution in [0.25, 0.3) is 11.0 Å². The lowest BCUT2D eigenvalue weighted by Gasteiger charge is -2.35. The molecule has 1 aliphatic heterocycles. The number of hydrogen-bond donors (Lipinski definition) is 1. The molecule has 0 aliphatic carbocycles. The summed E-state index contributed by atoms with van der Waals surface area (Å²) < 4.78 is 5.91. The van der Waals surface area contributed by atoms with Crippen LogP contribution in [0.3, 0.4) is 0 Å². The van der Waals surface area contributed by atoms with Gasteiger partial charge in [-0.3, -0.25) is 4.90 Å². The SMILES string of the molecule is Oc1ccccc1N1CCN(Cc2cc3ccccc3o2)CC1. The highest BCUT2D eigenvalue weighted by molar-refractivity contribution is 5.77. The van der Waals surface area contributed by atoms with Crippen molar-refractivity contribution in [1.29, 1.82) is 0 Å². The number of rotatable bonds is 3. The Morgan fingerprint density at radius 3 is 2.43 bits per heavy atom. The number of hydrogen-bond acceptors (Lipinski definition) is 4. The predicted molar refractivity (Wildman–Crippen MR) is 91.8 cm³/mol. The largest absolute Gasteiger partial charge is 0.506 e. The zero-order chi connectivity index (χ0) is 15.6. The molecular formula is C19H20N2O2. The molecule has 23 heavy (non-hydrogen) atoms. The number of anilines is 1. The second kappa shape index (κ2) is 5.97. The molecule has 3 aromatic rings.